The van der Waals surface area contributed by atoms with Crippen LogP contribution < -0.4 is 34.7 Å². The number of carbonyl (C=O) groups excluding carboxylic acids is 1. The summed E-state index contributed by atoms with van der Waals surface area (Å²) in [6, 6.07) is 2.42. The Morgan fingerprint density at radius 3 is 2.64 bits per heavy atom. The van der Waals surface area contributed by atoms with Crippen LogP contribution in [0.2, 0.25) is 0 Å². The number of rotatable bonds is 1. The van der Waals surface area contributed by atoms with Crippen molar-refractivity contribution in [3.8, 4) is 0 Å². The van der Waals surface area contributed by atoms with E-state index in [1.807, 2.05) is 0 Å². The molecule has 1 rings (SSSR count). The molecule has 0 saturated carbocycles. The van der Waals surface area contributed by atoms with Gasteiger partial charge in [0.15, 0.2) is 0 Å². The largest absolute Gasteiger partial charge is 1.00 e. The molecule has 0 radical (unpaired) electrons. The van der Waals surface area contributed by atoms with Crippen LogP contribution in [0.1, 0.15) is 10.4 Å². The van der Waals surface area contributed by atoms with Gasteiger partial charge in [-0.25, -0.2) is 4.98 Å². The smallest absolute Gasteiger partial charge is 0.545 e. The molecule has 0 unspecified atom stereocenters. The molecule has 0 N–H and O–H groups in total. The summed E-state index contributed by atoms with van der Waals surface area (Å²) in [5.41, 5.74) is -0.512. The van der Waals surface area contributed by atoms with Gasteiger partial charge in [0.2, 0.25) is 5.95 Å². The molecule has 1 aromatic rings. The first kappa shape index (κ1) is 10.6. The number of carbonyl (C=O) groups is 1. The zero-order chi connectivity index (χ0) is 7.56. The molecule has 0 aliphatic heterocycles. The van der Waals surface area contributed by atoms with E-state index in [1.54, 1.807) is 0 Å². The van der Waals surface area contributed by atoms with Crippen molar-refractivity contribution in [3.05, 3.63) is 29.8 Å². The molecular weight excluding hydrogens is 160 g/mol. The van der Waals surface area contributed by atoms with Crippen LogP contribution >= 0.6 is 0 Å². The maximum absolute atomic E-state index is 12.3. The Bertz CT molecular complexity index is 267. The van der Waals surface area contributed by atoms with Crippen LogP contribution in [0.5, 0.6) is 0 Å². The molecule has 0 aromatic carbocycles. The van der Waals surface area contributed by atoms with E-state index in [9.17, 15) is 14.3 Å². The standard InChI is InChI=1S/C6H4FNO2.Na/c7-5-4(6(9)10)2-1-3-8-5;/h1-3H,(H,9,10);/q;+1/p-1. The van der Waals surface area contributed by atoms with Gasteiger partial charge in [-0.2, -0.15) is 4.39 Å². The molecule has 0 aliphatic rings. The van der Waals surface area contributed by atoms with Gasteiger partial charge in [-0.15, -0.1) is 0 Å². The van der Waals surface area contributed by atoms with Crippen molar-refractivity contribution in [1.29, 1.82) is 0 Å². The van der Waals surface area contributed by atoms with E-state index in [4.69, 9.17) is 0 Å². The molecule has 52 valence electrons. The Kier molecular flexibility index (Phi) is 4.25. The Morgan fingerprint density at radius 2 is 2.27 bits per heavy atom. The number of carboxylic acids is 1. The van der Waals surface area contributed by atoms with Crippen molar-refractivity contribution < 1.29 is 43.8 Å². The number of hydrogen-bond acceptors (Lipinski definition) is 3. The first-order chi connectivity index (χ1) is 4.72. The van der Waals surface area contributed by atoms with Gasteiger partial charge in [-0.3, -0.25) is 0 Å². The predicted octanol–water partition coefficient (Wildman–Crippen LogP) is -3.41. The molecule has 3 nitrogen and oxygen atoms in total. The van der Waals surface area contributed by atoms with Crippen molar-refractivity contribution in [2.24, 2.45) is 0 Å². The van der Waals surface area contributed by atoms with Gasteiger partial charge >= 0.3 is 29.6 Å². The summed E-state index contributed by atoms with van der Waals surface area (Å²) >= 11 is 0. The fourth-order valence-electron chi connectivity index (χ4n) is 0.538. The zero-order valence-electron chi connectivity index (χ0n) is 5.87. The van der Waals surface area contributed by atoms with Gasteiger partial charge in [-0.05, 0) is 12.1 Å². The summed E-state index contributed by atoms with van der Waals surface area (Å²) in [6.45, 7) is 0. The topological polar surface area (TPSA) is 53.0 Å². The molecule has 0 aliphatic carbocycles. The van der Waals surface area contributed by atoms with Crippen molar-refractivity contribution >= 4 is 5.97 Å². The molecule has 0 bridgehead atoms. The van der Waals surface area contributed by atoms with E-state index in [0.717, 1.165) is 6.07 Å². The van der Waals surface area contributed by atoms with Crippen molar-refractivity contribution in [3.63, 3.8) is 0 Å². The van der Waals surface area contributed by atoms with Gasteiger partial charge in [0.1, 0.15) is 0 Å². The van der Waals surface area contributed by atoms with Crippen molar-refractivity contribution in [2.45, 2.75) is 0 Å². The molecule has 11 heavy (non-hydrogen) atoms. The van der Waals surface area contributed by atoms with E-state index in [0.29, 0.717) is 0 Å². The van der Waals surface area contributed by atoms with Crippen LogP contribution in [0, 0.1) is 5.95 Å². The molecule has 0 atom stereocenters. The fourth-order valence-corrected chi connectivity index (χ4v) is 0.538. The molecule has 1 aromatic heterocycles. The molecule has 1 heterocycles. The van der Waals surface area contributed by atoms with Gasteiger partial charge in [0.25, 0.3) is 0 Å². The molecular formula is C6H3FNNaO2. The summed E-state index contributed by atoms with van der Waals surface area (Å²) in [7, 11) is 0. The monoisotopic (exact) mass is 163 g/mol. The summed E-state index contributed by atoms with van der Waals surface area (Å²) in [5, 5.41) is 10.0. The fraction of sp³-hybridized carbons (Fsp3) is 0. The Balaban J connectivity index is 0.000001000. The second kappa shape index (κ2) is 4.43. The summed E-state index contributed by atoms with van der Waals surface area (Å²) in [4.78, 5) is 13.1. The third-order valence-corrected chi connectivity index (χ3v) is 0.979. The van der Waals surface area contributed by atoms with Gasteiger partial charge in [0.05, 0.1) is 11.5 Å². The van der Waals surface area contributed by atoms with E-state index >= 15 is 0 Å². The minimum Gasteiger partial charge on any atom is -0.545 e. The third-order valence-electron chi connectivity index (χ3n) is 0.979. The van der Waals surface area contributed by atoms with Gasteiger partial charge < -0.3 is 9.90 Å². The number of pyridine rings is 1. The summed E-state index contributed by atoms with van der Waals surface area (Å²) in [5.74, 6) is -2.56. The van der Waals surface area contributed by atoms with Crippen LogP contribution in [0.15, 0.2) is 18.3 Å². The number of carboxylic acid groups (broad SMARTS) is 1. The molecule has 0 spiro atoms. The van der Waals surface area contributed by atoms with E-state index in [2.05, 4.69) is 4.98 Å². The average molecular weight is 163 g/mol. The first-order valence-electron chi connectivity index (χ1n) is 2.53. The van der Waals surface area contributed by atoms with Crippen molar-refractivity contribution in [2.75, 3.05) is 0 Å². The number of aromatic carboxylic acids is 1. The molecule has 5 heteroatoms. The van der Waals surface area contributed by atoms with Crippen LogP contribution in [0.3, 0.4) is 0 Å². The maximum atomic E-state index is 12.3. The number of halogens is 1. The van der Waals surface area contributed by atoms with Crippen LogP contribution in [-0.4, -0.2) is 11.0 Å². The number of hydrogen-bond donors (Lipinski definition) is 0. The summed E-state index contributed by atoms with van der Waals surface area (Å²) < 4.78 is 12.3. The molecule has 0 amide bonds. The average Bonchev–Trinajstić information content (AvgIpc) is 1.88. The number of nitrogens with zero attached hydrogens (tertiary/aromatic N) is 1. The minimum atomic E-state index is -1.55. The summed E-state index contributed by atoms with van der Waals surface area (Å²) in [6.07, 6.45) is 1.17. The SMILES string of the molecule is O=C([O-])c1cccnc1F.[Na+]. The Morgan fingerprint density at radius 1 is 1.64 bits per heavy atom. The van der Waals surface area contributed by atoms with Crippen LogP contribution in [0.25, 0.3) is 0 Å². The molecule has 0 fully saturated rings. The van der Waals surface area contributed by atoms with E-state index in [1.165, 1.54) is 12.3 Å². The maximum Gasteiger partial charge on any atom is 1.00 e. The van der Waals surface area contributed by atoms with Crippen molar-refractivity contribution in [1.82, 2.24) is 4.98 Å². The third kappa shape index (κ3) is 2.57. The van der Waals surface area contributed by atoms with Crippen LogP contribution in [-0.2, 0) is 0 Å². The Hall–Kier alpha value is -0.450. The Labute approximate surface area is 84.6 Å². The molecule has 0 saturated heterocycles. The van der Waals surface area contributed by atoms with E-state index < -0.39 is 17.5 Å². The first-order valence-corrected chi connectivity index (χ1v) is 2.53. The predicted molar refractivity (Wildman–Crippen MR) is 28.5 cm³/mol. The second-order valence-corrected chi connectivity index (χ2v) is 1.63. The number of aromatic nitrogens is 1. The van der Waals surface area contributed by atoms with Gasteiger partial charge in [0, 0.05) is 6.20 Å². The zero-order valence-corrected chi connectivity index (χ0v) is 7.87. The van der Waals surface area contributed by atoms with Crippen LogP contribution in [0.4, 0.5) is 4.39 Å². The second-order valence-electron chi connectivity index (χ2n) is 1.63. The van der Waals surface area contributed by atoms with Gasteiger partial charge in [-0.1, -0.05) is 0 Å². The quantitative estimate of drug-likeness (QED) is 0.320. The normalized spacial score (nSPS) is 8.45. The van der Waals surface area contributed by atoms with E-state index in [-0.39, 0.29) is 29.6 Å². The minimum absolute atomic E-state index is 0.